The number of aliphatic hydroxyl groups excluding tert-OH is 2. The maximum absolute atomic E-state index is 12.7. The molecule has 10 heteroatoms. The lowest BCUT2D eigenvalue weighted by atomic mass is 10.1. The molecule has 2 saturated heterocycles. The third kappa shape index (κ3) is 4.83. The number of amides is 1. The van der Waals surface area contributed by atoms with E-state index in [0.717, 1.165) is 12.8 Å². The summed E-state index contributed by atoms with van der Waals surface area (Å²) in [5, 5.41) is 22.6. The van der Waals surface area contributed by atoms with Crippen molar-refractivity contribution in [1.29, 1.82) is 0 Å². The summed E-state index contributed by atoms with van der Waals surface area (Å²) >= 11 is 0. The maximum Gasteiger partial charge on any atom is 0.351 e. The minimum Gasteiger partial charge on any atom is -0.394 e. The van der Waals surface area contributed by atoms with E-state index in [1.165, 1.54) is 16.8 Å². The van der Waals surface area contributed by atoms with Crippen LogP contribution in [0.25, 0.3) is 0 Å². The zero-order valence-electron chi connectivity index (χ0n) is 16.8. The average Bonchev–Trinajstić information content (AvgIpc) is 3.10. The molecule has 0 aliphatic carbocycles. The zero-order chi connectivity index (χ0) is 21.8. The number of anilines is 1. The maximum atomic E-state index is 12.7. The van der Waals surface area contributed by atoms with Gasteiger partial charge in [-0.3, -0.25) is 9.36 Å². The average molecular weight is 431 g/mol. The van der Waals surface area contributed by atoms with Crippen LogP contribution in [0.2, 0.25) is 0 Å². The molecule has 1 amide bonds. The molecular weight excluding hydrogens is 406 g/mol. The van der Waals surface area contributed by atoms with Crippen molar-refractivity contribution >= 4 is 11.7 Å². The van der Waals surface area contributed by atoms with Gasteiger partial charge in [0.15, 0.2) is 12.5 Å². The fraction of sp³-hybridized carbons (Fsp3) is 0.476. The number of aromatic nitrogens is 2. The van der Waals surface area contributed by atoms with Crippen molar-refractivity contribution in [3.63, 3.8) is 0 Å². The summed E-state index contributed by atoms with van der Waals surface area (Å²) < 4.78 is 18.3. The van der Waals surface area contributed by atoms with Crippen molar-refractivity contribution < 1.29 is 29.2 Å². The molecule has 2 aliphatic heterocycles. The van der Waals surface area contributed by atoms with Crippen molar-refractivity contribution in [3.8, 4) is 0 Å². The number of carbonyl (C=O) groups excluding carboxylic acids is 1. The van der Waals surface area contributed by atoms with E-state index in [9.17, 15) is 19.8 Å². The molecule has 2 fully saturated rings. The van der Waals surface area contributed by atoms with E-state index in [1.54, 1.807) is 30.3 Å². The third-order valence-corrected chi connectivity index (χ3v) is 5.32. The van der Waals surface area contributed by atoms with Crippen LogP contribution in [-0.2, 0) is 14.2 Å². The Bertz CT molecular complexity index is 945. The second kappa shape index (κ2) is 9.67. The molecule has 2 aromatic rings. The van der Waals surface area contributed by atoms with Crippen LogP contribution in [0.5, 0.6) is 0 Å². The van der Waals surface area contributed by atoms with Crippen molar-refractivity contribution in [2.24, 2.45) is 0 Å². The molecular formula is C21H25N3O7. The lowest BCUT2D eigenvalue weighted by Crippen LogP contribution is -2.41. The van der Waals surface area contributed by atoms with Gasteiger partial charge in [-0.25, -0.2) is 4.79 Å². The molecule has 1 unspecified atom stereocenters. The van der Waals surface area contributed by atoms with E-state index in [0.29, 0.717) is 18.6 Å². The van der Waals surface area contributed by atoms with Gasteiger partial charge in [-0.05, 0) is 37.5 Å². The molecule has 0 radical (unpaired) electrons. The first-order valence-corrected chi connectivity index (χ1v) is 10.2. The number of benzene rings is 1. The fourth-order valence-corrected chi connectivity index (χ4v) is 3.69. The quantitative estimate of drug-likeness (QED) is 0.608. The van der Waals surface area contributed by atoms with Crippen molar-refractivity contribution in [2.75, 3.05) is 18.5 Å². The molecule has 31 heavy (non-hydrogen) atoms. The van der Waals surface area contributed by atoms with Gasteiger partial charge in [0.05, 0.1) is 6.61 Å². The van der Waals surface area contributed by atoms with E-state index in [1.807, 2.05) is 0 Å². The SMILES string of the molecule is O=C(Nc1ccn([C@H]2O[C@H](CO)[C@@H](O)[C@H]2OC2CCCCO2)c(=O)n1)c1ccccc1. The first kappa shape index (κ1) is 21.6. The molecule has 166 valence electrons. The van der Waals surface area contributed by atoms with Crippen LogP contribution in [0.3, 0.4) is 0 Å². The third-order valence-electron chi connectivity index (χ3n) is 5.32. The van der Waals surface area contributed by atoms with Crippen LogP contribution in [0, 0.1) is 0 Å². The number of carbonyl (C=O) groups is 1. The minimum absolute atomic E-state index is 0.0837. The van der Waals surface area contributed by atoms with E-state index >= 15 is 0 Å². The summed E-state index contributed by atoms with van der Waals surface area (Å²) in [5.74, 6) is -0.311. The summed E-state index contributed by atoms with van der Waals surface area (Å²) in [6.07, 6.45) is -0.576. The van der Waals surface area contributed by atoms with Gasteiger partial charge in [0.2, 0.25) is 0 Å². The lowest BCUT2D eigenvalue weighted by molar-refractivity contribution is -0.215. The van der Waals surface area contributed by atoms with Gasteiger partial charge in [-0.15, -0.1) is 0 Å². The molecule has 1 aromatic carbocycles. The Balaban J connectivity index is 1.52. The number of hydrogen-bond donors (Lipinski definition) is 3. The molecule has 1 aromatic heterocycles. The highest BCUT2D eigenvalue weighted by Crippen LogP contribution is 2.33. The highest BCUT2D eigenvalue weighted by atomic mass is 16.7. The molecule has 3 N–H and O–H groups in total. The predicted molar refractivity (Wildman–Crippen MR) is 108 cm³/mol. The smallest absolute Gasteiger partial charge is 0.351 e. The van der Waals surface area contributed by atoms with Crippen molar-refractivity contribution in [3.05, 3.63) is 58.6 Å². The number of ether oxygens (including phenoxy) is 3. The van der Waals surface area contributed by atoms with Gasteiger partial charge in [-0.1, -0.05) is 18.2 Å². The van der Waals surface area contributed by atoms with Crippen LogP contribution in [0.1, 0.15) is 35.8 Å². The van der Waals surface area contributed by atoms with Gasteiger partial charge < -0.3 is 29.7 Å². The van der Waals surface area contributed by atoms with Crippen LogP contribution < -0.4 is 11.0 Å². The second-order valence-electron chi connectivity index (χ2n) is 7.46. The summed E-state index contributed by atoms with van der Waals surface area (Å²) in [7, 11) is 0. The normalized spacial score (nSPS) is 28.4. The summed E-state index contributed by atoms with van der Waals surface area (Å²) in [6, 6.07) is 10.0. The number of nitrogens with one attached hydrogen (secondary N) is 1. The van der Waals surface area contributed by atoms with E-state index in [4.69, 9.17) is 14.2 Å². The summed E-state index contributed by atoms with van der Waals surface area (Å²) in [6.45, 7) is 0.121. The highest BCUT2D eigenvalue weighted by molar-refractivity contribution is 6.03. The lowest BCUT2D eigenvalue weighted by Gasteiger charge is -2.29. The van der Waals surface area contributed by atoms with E-state index in [2.05, 4.69) is 10.3 Å². The number of hydrogen-bond acceptors (Lipinski definition) is 8. The molecule has 3 heterocycles. The molecule has 0 spiro atoms. The van der Waals surface area contributed by atoms with Gasteiger partial charge >= 0.3 is 5.69 Å². The number of rotatable bonds is 6. The van der Waals surface area contributed by atoms with Gasteiger partial charge in [0.25, 0.3) is 5.91 Å². The molecule has 5 atom stereocenters. The van der Waals surface area contributed by atoms with Crippen LogP contribution >= 0.6 is 0 Å². The summed E-state index contributed by atoms with van der Waals surface area (Å²) in [4.78, 5) is 28.9. The molecule has 0 saturated carbocycles. The van der Waals surface area contributed by atoms with E-state index in [-0.39, 0.29) is 5.82 Å². The monoisotopic (exact) mass is 431 g/mol. The first-order valence-electron chi connectivity index (χ1n) is 10.2. The Hall–Kier alpha value is -2.63. The minimum atomic E-state index is -1.15. The van der Waals surface area contributed by atoms with Gasteiger partial charge in [0, 0.05) is 18.4 Å². The highest BCUT2D eigenvalue weighted by Gasteiger charge is 2.47. The van der Waals surface area contributed by atoms with Crippen LogP contribution in [-0.4, -0.2) is 63.5 Å². The Labute approximate surface area is 178 Å². The number of nitrogens with zero attached hydrogens (tertiary/aromatic N) is 2. The number of aliphatic hydroxyl groups is 2. The second-order valence-corrected chi connectivity index (χ2v) is 7.46. The molecule has 0 bridgehead atoms. The van der Waals surface area contributed by atoms with Crippen LogP contribution in [0.15, 0.2) is 47.4 Å². The molecule has 2 aliphatic rings. The summed E-state index contributed by atoms with van der Waals surface area (Å²) in [5.41, 5.74) is -0.262. The Morgan fingerprint density at radius 3 is 2.74 bits per heavy atom. The van der Waals surface area contributed by atoms with Gasteiger partial charge in [-0.2, -0.15) is 4.98 Å². The standard InChI is InChI=1S/C21H25N3O7/c25-12-14-17(26)18(31-16-8-4-5-11-29-16)20(30-14)24-10-9-15(23-21(24)28)22-19(27)13-6-2-1-3-7-13/h1-3,6-7,9-10,14,16-18,20,25-26H,4-5,8,11-12H2,(H,22,23,27,28)/t14-,16?,17-,18-,20+/m1/s1. The van der Waals surface area contributed by atoms with Crippen LogP contribution in [0.4, 0.5) is 5.82 Å². The fourth-order valence-electron chi connectivity index (χ4n) is 3.69. The Morgan fingerprint density at radius 1 is 1.26 bits per heavy atom. The zero-order valence-corrected chi connectivity index (χ0v) is 16.8. The largest absolute Gasteiger partial charge is 0.394 e. The van der Waals surface area contributed by atoms with E-state index < -0.39 is 49.0 Å². The molecule has 10 nitrogen and oxygen atoms in total. The Kier molecular flexibility index (Phi) is 6.73. The predicted octanol–water partition coefficient (Wildman–Crippen LogP) is 0.658. The first-order chi connectivity index (χ1) is 15.1. The van der Waals surface area contributed by atoms with Gasteiger partial charge in [0.1, 0.15) is 24.1 Å². The topological polar surface area (TPSA) is 132 Å². The molecule has 4 rings (SSSR count). The Morgan fingerprint density at radius 2 is 2.06 bits per heavy atom. The van der Waals surface area contributed by atoms with Crippen molar-refractivity contribution in [1.82, 2.24) is 9.55 Å². The van der Waals surface area contributed by atoms with Crippen molar-refractivity contribution in [2.45, 2.75) is 50.1 Å².